The zero-order valence-corrected chi connectivity index (χ0v) is 13.3. The van der Waals surface area contributed by atoms with E-state index in [1.807, 2.05) is 7.05 Å². The highest BCUT2D eigenvalue weighted by atomic mass is 15.2. The van der Waals surface area contributed by atoms with Crippen LogP contribution in [0.4, 0.5) is 0 Å². The van der Waals surface area contributed by atoms with Crippen molar-refractivity contribution < 1.29 is 0 Å². The highest BCUT2D eigenvalue weighted by Crippen LogP contribution is 2.04. The fourth-order valence-electron chi connectivity index (χ4n) is 2.01. The number of aliphatic imine (C=N–C) groups is 1. The number of nitrogens with one attached hydrogen (secondary N) is 2. The van der Waals surface area contributed by atoms with Gasteiger partial charge in [0.25, 0.3) is 0 Å². The Morgan fingerprint density at radius 1 is 1.10 bits per heavy atom. The Morgan fingerprint density at radius 2 is 1.80 bits per heavy atom. The number of nitrogens with zero attached hydrogens (tertiary/aromatic N) is 1. The third-order valence-corrected chi connectivity index (χ3v) is 3.33. The first-order chi connectivity index (χ1) is 9.61. The lowest BCUT2D eigenvalue weighted by Gasteiger charge is -2.18. The molecule has 0 aliphatic carbocycles. The van der Waals surface area contributed by atoms with E-state index in [4.69, 9.17) is 0 Å². The van der Waals surface area contributed by atoms with E-state index in [9.17, 15) is 0 Å². The molecular formula is C17H29N3. The first-order valence-corrected chi connectivity index (χ1v) is 7.63. The molecule has 0 spiro atoms. The van der Waals surface area contributed by atoms with Gasteiger partial charge in [0.1, 0.15) is 0 Å². The topological polar surface area (TPSA) is 36.4 Å². The van der Waals surface area contributed by atoms with Crippen molar-refractivity contribution in [1.29, 1.82) is 0 Å². The molecule has 0 saturated carbocycles. The molecule has 0 aromatic heterocycles. The van der Waals surface area contributed by atoms with E-state index >= 15 is 0 Å². The quantitative estimate of drug-likeness (QED) is 0.592. The fourth-order valence-corrected chi connectivity index (χ4v) is 2.01. The summed E-state index contributed by atoms with van der Waals surface area (Å²) in [5.41, 5.74) is 1.39. The first kappa shape index (κ1) is 16.5. The third-order valence-electron chi connectivity index (χ3n) is 3.33. The summed E-state index contributed by atoms with van der Waals surface area (Å²) in [5.74, 6) is 1.63. The molecule has 0 radical (unpaired) electrons. The van der Waals surface area contributed by atoms with Gasteiger partial charge in [0.2, 0.25) is 0 Å². The molecule has 0 saturated heterocycles. The summed E-state index contributed by atoms with van der Waals surface area (Å²) in [6.45, 7) is 7.65. The van der Waals surface area contributed by atoms with Crippen molar-refractivity contribution in [3.8, 4) is 0 Å². The van der Waals surface area contributed by atoms with Gasteiger partial charge in [-0.2, -0.15) is 0 Å². The summed E-state index contributed by atoms with van der Waals surface area (Å²) in [5, 5.41) is 6.82. The normalized spacial score (nSPS) is 13.3. The number of guanidine groups is 1. The Hall–Kier alpha value is -1.51. The zero-order chi connectivity index (χ0) is 14.8. The molecular weight excluding hydrogens is 246 g/mol. The maximum absolute atomic E-state index is 4.27. The van der Waals surface area contributed by atoms with Crippen LogP contribution in [0.3, 0.4) is 0 Å². The summed E-state index contributed by atoms with van der Waals surface area (Å²) in [4.78, 5) is 4.27. The van der Waals surface area contributed by atoms with Gasteiger partial charge in [-0.1, -0.05) is 44.2 Å². The molecule has 0 amide bonds. The Kier molecular flexibility index (Phi) is 7.78. The summed E-state index contributed by atoms with van der Waals surface area (Å²) in [6.07, 6.45) is 3.37. The van der Waals surface area contributed by atoms with E-state index in [1.54, 1.807) is 0 Å². The summed E-state index contributed by atoms with van der Waals surface area (Å²) >= 11 is 0. The third kappa shape index (κ3) is 7.17. The van der Waals surface area contributed by atoms with Gasteiger partial charge in [-0.25, -0.2) is 0 Å². The average molecular weight is 275 g/mol. The van der Waals surface area contributed by atoms with Crippen LogP contribution in [0.5, 0.6) is 0 Å². The molecule has 112 valence electrons. The number of aryl methyl sites for hydroxylation is 1. The van der Waals surface area contributed by atoms with E-state index in [0.717, 1.165) is 31.3 Å². The molecule has 0 fully saturated rings. The molecule has 20 heavy (non-hydrogen) atoms. The predicted octanol–water partition coefficient (Wildman–Crippen LogP) is 3.22. The highest BCUT2D eigenvalue weighted by molar-refractivity contribution is 5.79. The van der Waals surface area contributed by atoms with Crippen LogP contribution in [0.1, 0.15) is 39.2 Å². The maximum atomic E-state index is 4.27. The SMILES string of the molecule is CN=C(NCCC(C)C)NC(C)CCc1ccccc1. The van der Waals surface area contributed by atoms with Crippen LogP contribution >= 0.6 is 0 Å². The van der Waals surface area contributed by atoms with Gasteiger partial charge < -0.3 is 10.6 Å². The maximum Gasteiger partial charge on any atom is 0.191 e. The largest absolute Gasteiger partial charge is 0.356 e. The molecule has 1 unspecified atom stereocenters. The molecule has 0 heterocycles. The van der Waals surface area contributed by atoms with Gasteiger partial charge >= 0.3 is 0 Å². The van der Waals surface area contributed by atoms with Crippen molar-refractivity contribution >= 4 is 5.96 Å². The van der Waals surface area contributed by atoms with Gasteiger partial charge in [0.15, 0.2) is 5.96 Å². The zero-order valence-electron chi connectivity index (χ0n) is 13.3. The number of benzene rings is 1. The van der Waals surface area contributed by atoms with Crippen LogP contribution < -0.4 is 10.6 Å². The van der Waals surface area contributed by atoms with Crippen molar-refractivity contribution in [2.75, 3.05) is 13.6 Å². The minimum Gasteiger partial charge on any atom is -0.356 e. The van der Waals surface area contributed by atoms with E-state index in [-0.39, 0.29) is 0 Å². The van der Waals surface area contributed by atoms with E-state index < -0.39 is 0 Å². The lowest BCUT2D eigenvalue weighted by atomic mass is 10.1. The van der Waals surface area contributed by atoms with Gasteiger partial charge in [-0.05, 0) is 37.7 Å². The number of hydrogen-bond donors (Lipinski definition) is 2. The van der Waals surface area contributed by atoms with Crippen LogP contribution in [-0.4, -0.2) is 25.6 Å². The Morgan fingerprint density at radius 3 is 2.40 bits per heavy atom. The van der Waals surface area contributed by atoms with Crippen LogP contribution in [0, 0.1) is 5.92 Å². The predicted molar refractivity (Wildman–Crippen MR) is 88.2 cm³/mol. The molecule has 3 heteroatoms. The molecule has 0 aliphatic heterocycles. The molecule has 1 rings (SSSR count). The van der Waals surface area contributed by atoms with Gasteiger partial charge in [-0.3, -0.25) is 4.99 Å². The first-order valence-electron chi connectivity index (χ1n) is 7.63. The van der Waals surface area contributed by atoms with Crippen molar-refractivity contribution in [3.63, 3.8) is 0 Å². The van der Waals surface area contributed by atoms with Crippen molar-refractivity contribution in [2.45, 2.75) is 46.1 Å². The highest BCUT2D eigenvalue weighted by Gasteiger charge is 2.05. The average Bonchev–Trinajstić information content (AvgIpc) is 2.44. The standard InChI is InChI=1S/C17H29N3/c1-14(2)12-13-19-17(18-4)20-15(3)10-11-16-8-6-5-7-9-16/h5-9,14-15H,10-13H2,1-4H3,(H2,18,19,20). The second kappa shape index (κ2) is 9.40. The van der Waals surface area contributed by atoms with Gasteiger partial charge in [0, 0.05) is 19.6 Å². The van der Waals surface area contributed by atoms with Crippen molar-refractivity contribution in [1.82, 2.24) is 10.6 Å². The molecule has 2 N–H and O–H groups in total. The second-order valence-corrected chi connectivity index (χ2v) is 5.75. The summed E-state index contributed by atoms with van der Waals surface area (Å²) in [6, 6.07) is 11.0. The Balaban J connectivity index is 2.27. The minimum absolute atomic E-state index is 0.417. The van der Waals surface area contributed by atoms with E-state index in [0.29, 0.717) is 6.04 Å². The number of rotatable bonds is 7. The summed E-state index contributed by atoms with van der Waals surface area (Å²) < 4.78 is 0. The molecule has 1 atom stereocenters. The Bertz CT molecular complexity index is 384. The molecule has 0 aliphatic rings. The molecule has 3 nitrogen and oxygen atoms in total. The minimum atomic E-state index is 0.417. The smallest absolute Gasteiger partial charge is 0.191 e. The van der Waals surface area contributed by atoms with Crippen LogP contribution in [0.15, 0.2) is 35.3 Å². The Labute approximate surface area is 123 Å². The van der Waals surface area contributed by atoms with Crippen LogP contribution in [0.25, 0.3) is 0 Å². The monoisotopic (exact) mass is 275 g/mol. The molecule has 1 aromatic rings. The van der Waals surface area contributed by atoms with E-state index in [1.165, 1.54) is 12.0 Å². The number of hydrogen-bond acceptors (Lipinski definition) is 1. The molecule has 1 aromatic carbocycles. The summed E-state index contributed by atoms with van der Waals surface area (Å²) in [7, 11) is 1.83. The van der Waals surface area contributed by atoms with Gasteiger partial charge in [0.05, 0.1) is 0 Å². The van der Waals surface area contributed by atoms with E-state index in [2.05, 4.69) is 66.7 Å². The van der Waals surface area contributed by atoms with Crippen molar-refractivity contribution in [3.05, 3.63) is 35.9 Å². The lowest BCUT2D eigenvalue weighted by Crippen LogP contribution is -2.42. The van der Waals surface area contributed by atoms with Gasteiger partial charge in [-0.15, -0.1) is 0 Å². The molecule has 0 bridgehead atoms. The lowest BCUT2D eigenvalue weighted by molar-refractivity contribution is 0.558. The van der Waals surface area contributed by atoms with Crippen molar-refractivity contribution in [2.24, 2.45) is 10.9 Å². The second-order valence-electron chi connectivity index (χ2n) is 5.75. The van der Waals surface area contributed by atoms with Crippen LogP contribution in [0.2, 0.25) is 0 Å². The van der Waals surface area contributed by atoms with Crippen LogP contribution in [-0.2, 0) is 6.42 Å². The fraction of sp³-hybridized carbons (Fsp3) is 0.588.